The molecule has 8 nitrogen and oxygen atoms in total. The first-order chi connectivity index (χ1) is 10.8. The lowest BCUT2D eigenvalue weighted by Gasteiger charge is -2.12. The Bertz CT molecular complexity index is 482. The molecule has 0 saturated carbocycles. The Hall–Kier alpha value is -1.90. The molecule has 0 saturated heterocycles. The molecule has 0 unspecified atom stereocenters. The summed E-state index contributed by atoms with van der Waals surface area (Å²) in [7, 11) is 0. The van der Waals surface area contributed by atoms with Crippen LogP contribution in [0.3, 0.4) is 0 Å². The summed E-state index contributed by atoms with van der Waals surface area (Å²) in [5.74, 6) is 0.799. The SMILES string of the molecule is O=[N+]([O-])c1ccc2c(c1)OCCOCCNCCOCCO2. The second-order valence-corrected chi connectivity index (χ2v) is 4.56. The van der Waals surface area contributed by atoms with Crippen LogP contribution in [0.4, 0.5) is 5.69 Å². The predicted molar refractivity (Wildman–Crippen MR) is 78.6 cm³/mol. The van der Waals surface area contributed by atoms with Gasteiger partial charge in [-0.25, -0.2) is 0 Å². The number of nitro groups is 1. The first kappa shape index (κ1) is 16.5. The third-order valence-electron chi connectivity index (χ3n) is 2.95. The average molecular weight is 312 g/mol. The highest BCUT2D eigenvalue weighted by Gasteiger charge is 2.13. The van der Waals surface area contributed by atoms with Gasteiger partial charge in [0.15, 0.2) is 11.5 Å². The number of hydrogen-bond donors (Lipinski definition) is 1. The van der Waals surface area contributed by atoms with Crippen LogP contribution < -0.4 is 14.8 Å². The molecular formula is C14H20N2O6. The Labute approximate surface area is 128 Å². The van der Waals surface area contributed by atoms with E-state index in [9.17, 15) is 10.1 Å². The number of rotatable bonds is 1. The van der Waals surface area contributed by atoms with Crippen molar-refractivity contribution in [2.24, 2.45) is 0 Å². The number of nitrogens with zero attached hydrogens (tertiary/aromatic N) is 1. The molecule has 0 aromatic heterocycles. The van der Waals surface area contributed by atoms with Crippen LogP contribution in [0.5, 0.6) is 11.5 Å². The molecule has 0 radical (unpaired) electrons. The van der Waals surface area contributed by atoms with E-state index < -0.39 is 4.92 Å². The average Bonchev–Trinajstić information content (AvgIpc) is 2.52. The largest absolute Gasteiger partial charge is 0.487 e. The summed E-state index contributed by atoms with van der Waals surface area (Å²) in [5, 5.41) is 14.0. The van der Waals surface area contributed by atoms with E-state index in [1.165, 1.54) is 18.2 Å². The van der Waals surface area contributed by atoms with Gasteiger partial charge in [0.2, 0.25) is 0 Å². The molecule has 0 aliphatic carbocycles. The molecule has 1 N–H and O–H groups in total. The number of nitrogens with one attached hydrogen (secondary N) is 1. The molecule has 2 rings (SSSR count). The minimum atomic E-state index is -0.468. The summed E-state index contributed by atoms with van der Waals surface area (Å²) >= 11 is 0. The number of hydrogen-bond acceptors (Lipinski definition) is 7. The minimum Gasteiger partial charge on any atom is -0.487 e. The summed E-state index contributed by atoms with van der Waals surface area (Å²) in [4.78, 5) is 10.4. The molecule has 0 bridgehead atoms. The zero-order valence-corrected chi connectivity index (χ0v) is 12.3. The van der Waals surface area contributed by atoms with Gasteiger partial charge in [-0.3, -0.25) is 10.1 Å². The third kappa shape index (κ3) is 5.47. The molecule has 0 spiro atoms. The van der Waals surface area contributed by atoms with Gasteiger partial charge >= 0.3 is 0 Å². The van der Waals surface area contributed by atoms with Crippen LogP contribution in [-0.4, -0.2) is 57.7 Å². The van der Waals surface area contributed by atoms with Crippen molar-refractivity contribution < 1.29 is 23.9 Å². The van der Waals surface area contributed by atoms with E-state index in [4.69, 9.17) is 18.9 Å². The van der Waals surface area contributed by atoms with Crippen molar-refractivity contribution in [2.45, 2.75) is 0 Å². The van der Waals surface area contributed by atoms with Gasteiger partial charge in [0, 0.05) is 19.2 Å². The number of nitro benzene ring substituents is 1. The molecule has 0 amide bonds. The number of benzene rings is 1. The van der Waals surface area contributed by atoms with E-state index in [0.29, 0.717) is 51.1 Å². The highest BCUT2D eigenvalue weighted by atomic mass is 16.6. The van der Waals surface area contributed by atoms with Crippen LogP contribution in [0.15, 0.2) is 18.2 Å². The predicted octanol–water partition coefficient (Wildman–Crippen LogP) is 0.989. The zero-order valence-electron chi connectivity index (χ0n) is 12.3. The van der Waals surface area contributed by atoms with Crippen LogP contribution in [0, 0.1) is 10.1 Å². The molecule has 122 valence electrons. The lowest BCUT2D eigenvalue weighted by Crippen LogP contribution is -2.25. The van der Waals surface area contributed by atoms with Crippen molar-refractivity contribution in [2.75, 3.05) is 52.7 Å². The molecule has 0 fully saturated rings. The van der Waals surface area contributed by atoms with Gasteiger partial charge in [-0.2, -0.15) is 0 Å². The summed E-state index contributed by atoms with van der Waals surface area (Å²) in [5.41, 5.74) is -0.0402. The molecule has 1 aromatic carbocycles. The Morgan fingerprint density at radius 3 is 2.18 bits per heavy atom. The monoisotopic (exact) mass is 312 g/mol. The molecule has 22 heavy (non-hydrogen) atoms. The van der Waals surface area contributed by atoms with Crippen molar-refractivity contribution in [3.05, 3.63) is 28.3 Å². The molecular weight excluding hydrogens is 292 g/mol. The van der Waals surface area contributed by atoms with E-state index in [1.54, 1.807) is 0 Å². The highest BCUT2D eigenvalue weighted by molar-refractivity contribution is 5.48. The van der Waals surface area contributed by atoms with Gasteiger partial charge in [0.1, 0.15) is 13.2 Å². The zero-order chi connectivity index (χ0) is 15.6. The summed E-state index contributed by atoms with van der Waals surface area (Å²) in [6.07, 6.45) is 0. The van der Waals surface area contributed by atoms with Crippen LogP contribution in [-0.2, 0) is 9.47 Å². The van der Waals surface area contributed by atoms with Crippen LogP contribution in [0.2, 0.25) is 0 Å². The smallest absolute Gasteiger partial charge is 0.273 e. The van der Waals surface area contributed by atoms with Crippen molar-refractivity contribution in [3.63, 3.8) is 0 Å². The van der Waals surface area contributed by atoms with Gasteiger partial charge in [-0.05, 0) is 6.07 Å². The lowest BCUT2D eigenvalue weighted by molar-refractivity contribution is -0.385. The lowest BCUT2D eigenvalue weighted by atomic mass is 10.3. The van der Waals surface area contributed by atoms with E-state index in [1.807, 2.05) is 0 Å². The van der Waals surface area contributed by atoms with Crippen molar-refractivity contribution in [1.29, 1.82) is 0 Å². The van der Waals surface area contributed by atoms with Crippen LogP contribution in [0.1, 0.15) is 0 Å². The summed E-state index contributed by atoms with van der Waals surface area (Å²) in [6.45, 7) is 4.15. The van der Waals surface area contributed by atoms with E-state index >= 15 is 0 Å². The van der Waals surface area contributed by atoms with Crippen LogP contribution in [0.25, 0.3) is 0 Å². The first-order valence-electron chi connectivity index (χ1n) is 7.17. The number of non-ortho nitro benzene ring substituents is 1. The second kappa shape index (κ2) is 9.19. The summed E-state index contributed by atoms with van der Waals surface area (Å²) < 4.78 is 21.9. The number of ether oxygens (including phenoxy) is 4. The maximum atomic E-state index is 10.8. The number of fused-ring (bicyclic) bond motifs is 1. The fourth-order valence-corrected chi connectivity index (χ4v) is 1.88. The molecule has 0 atom stereocenters. The van der Waals surface area contributed by atoms with Crippen LogP contribution >= 0.6 is 0 Å². The van der Waals surface area contributed by atoms with Gasteiger partial charge in [-0.1, -0.05) is 0 Å². The fraction of sp³-hybridized carbons (Fsp3) is 0.571. The quantitative estimate of drug-likeness (QED) is 0.610. The molecule has 8 heteroatoms. The normalized spacial score (nSPS) is 18.0. The first-order valence-corrected chi connectivity index (χ1v) is 7.17. The molecule has 1 heterocycles. The molecule has 1 aliphatic rings. The maximum Gasteiger partial charge on any atom is 0.273 e. The minimum absolute atomic E-state index is 0.0402. The Morgan fingerprint density at radius 1 is 0.909 bits per heavy atom. The van der Waals surface area contributed by atoms with Crippen molar-refractivity contribution >= 4 is 5.69 Å². The summed E-state index contributed by atoms with van der Waals surface area (Å²) in [6, 6.07) is 4.28. The van der Waals surface area contributed by atoms with E-state index in [2.05, 4.69) is 5.32 Å². The van der Waals surface area contributed by atoms with E-state index in [-0.39, 0.29) is 5.69 Å². The second-order valence-electron chi connectivity index (χ2n) is 4.56. The van der Waals surface area contributed by atoms with Gasteiger partial charge < -0.3 is 24.3 Å². The Balaban J connectivity index is 2.02. The molecule has 1 aromatic rings. The maximum absolute atomic E-state index is 10.8. The van der Waals surface area contributed by atoms with Gasteiger partial charge in [0.25, 0.3) is 5.69 Å². The third-order valence-corrected chi connectivity index (χ3v) is 2.95. The Kier molecular flexibility index (Phi) is 6.88. The topological polar surface area (TPSA) is 92.1 Å². The molecule has 1 aliphatic heterocycles. The fourth-order valence-electron chi connectivity index (χ4n) is 1.88. The Morgan fingerprint density at radius 2 is 1.55 bits per heavy atom. The van der Waals surface area contributed by atoms with Gasteiger partial charge in [-0.15, -0.1) is 0 Å². The van der Waals surface area contributed by atoms with Gasteiger partial charge in [0.05, 0.1) is 37.4 Å². The van der Waals surface area contributed by atoms with Crippen molar-refractivity contribution in [1.82, 2.24) is 5.32 Å². The van der Waals surface area contributed by atoms with E-state index in [0.717, 1.165) is 13.1 Å². The standard InChI is InChI=1S/C14H20N2O6/c17-16(18)12-1-2-13-14(11-12)22-10-8-20-6-4-15-3-5-19-7-9-21-13/h1-2,11,15H,3-10H2. The van der Waals surface area contributed by atoms with Crippen molar-refractivity contribution in [3.8, 4) is 11.5 Å². The highest BCUT2D eigenvalue weighted by Crippen LogP contribution is 2.31.